The number of esters is 2. The quantitative estimate of drug-likeness (QED) is 0.727. The van der Waals surface area contributed by atoms with Crippen LogP contribution in [0.15, 0.2) is 12.1 Å². The molecule has 2 aromatic heterocycles. The fraction of sp³-hybridized carbons (Fsp3) is 0.294. The standard InChI is InChI=1S/C17H18N2O4/c1-5-23-17(21)15-9(3)13-8(2)14-10(6-11(13)18-15)7-12(19-14)16(20)22-4/h6-7,18-19H,5H2,1-4H3. The van der Waals surface area contributed by atoms with Crippen LogP contribution in [0.25, 0.3) is 21.8 Å². The predicted molar refractivity (Wildman–Crippen MR) is 86.9 cm³/mol. The van der Waals surface area contributed by atoms with Crippen molar-refractivity contribution in [3.63, 3.8) is 0 Å². The number of carbonyl (C=O) groups is 2. The maximum absolute atomic E-state index is 12.0. The van der Waals surface area contributed by atoms with Crippen LogP contribution >= 0.6 is 0 Å². The Morgan fingerprint density at radius 3 is 2.48 bits per heavy atom. The summed E-state index contributed by atoms with van der Waals surface area (Å²) in [6.07, 6.45) is 0. The molecule has 0 unspecified atom stereocenters. The van der Waals surface area contributed by atoms with Crippen molar-refractivity contribution in [3.8, 4) is 0 Å². The zero-order valence-electron chi connectivity index (χ0n) is 13.5. The summed E-state index contributed by atoms with van der Waals surface area (Å²) in [5.41, 5.74) is 4.37. The van der Waals surface area contributed by atoms with E-state index in [0.29, 0.717) is 18.0 Å². The van der Waals surface area contributed by atoms with Crippen LogP contribution in [0.5, 0.6) is 0 Å². The number of H-pyrrole nitrogens is 2. The average molecular weight is 314 g/mol. The van der Waals surface area contributed by atoms with E-state index >= 15 is 0 Å². The van der Waals surface area contributed by atoms with Crippen LogP contribution < -0.4 is 0 Å². The number of methoxy groups -OCH3 is 1. The highest BCUT2D eigenvalue weighted by atomic mass is 16.5. The second-order valence-electron chi connectivity index (χ2n) is 5.41. The first-order valence-electron chi connectivity index (χ1n) is 7.38. The number of aryl methyl sites for hydroxylation is 2. The minimum atomic E-state index is -0.409. The minimum absolute atomic E-state index is 0.329. The van der Waals surface area contributed by atoms with Crippen molar-refractivity contribution in [2.24, 2.45) is 0 Å². The first-order valence-corrected chi connectivity index (χ1v) is 7.38. The van der Waals surface area contributed by atoms with E-state index < -0.39 is 5.97 Å². The molecule has 0 saturated carbocycles. The van der Waals surface area contributed by atoms with Crippen LogP contribution in [-0.4, -0.2) is 35.6 Å². The Morgan fingerprint density at radius 1 is 1.09 bits per heavy atom. The van der Waals surface area contributed by atoms with Gasteiger partial charge >= 0.3 is 11.9 Å². The van der Waals surface area contributed by atoms with Crippen LogP contribution in [0.2, 0.25) is 0 Å². The first kappa shape index (κ1) is 15.1. The lowest BCUT2D eigenvalue weighted by Crippen LogP contribution is -2.06. The molecule has 0 aliphatic heterocycles. The molecule has 1 aromatic carbocycles. The molecular weight excluding hydrogens is 296 g/mol. The van der Waals surface area contributed by atoms with Gasteiger partial charge in [0, 0.05) is 21.8 Å². The van der Waals surface area contributed by atoms with Gasteiger partial charge in [0.2, 0.25) is 0 Å². The van der Waals surface area contributed by atoms with Crippen LogP contribution in [0, 0.1) is 13.8 Å². The van der Waals surface area contributed by atoms with E-state index in [9.17, 15) is 9.59 Å². The molecule has 3 rings (SSSR count). The molecule has 6 heteroatoms. The van der Waals surface area contributed by atoms with Crippen molar-refractivity contribution in [1.82, 2.24) is 9.97 Å². The maximum Gasteiger partial charge on any atom is 0.355 e. The van der Waals surface area contributed by atoms with Crippen molar-refractivity contribution in [1.29, 1.82) is 0 Å². The summed E-state index contributed by atoms with van der Waals surface area (Å²) in [5, 5.41) is 1.84. The van der Waals surface area contributed by atoms with Gasteiger partial charge < -0.3 is 19.4 Å². The van der Waals surface area contributed by atoms with Crippen LogP contribution in [-0.2, 0) is 9.47 Å². The smallest absolute Gasteiger partial charge is 0.355 e. The van der Waals surface area contributed by atoms with E-state index in [1.165, 1.54) is 7.11 Å². The van der Waals surface area contributed by atoms with Crippen molar-refractivity contribution in [2.75, 3.05) is 13.7 Å². The molecule has 120 valence electrons. The van der Waals surface area contributed by atoms with E-state index in [0.717, 1.165) is 32.9 Å². The van der Waals surface area contributed by atoms with Crippen molar-refractivity contribution in [2.45, 2.75) is 20.8 Å². The number of benzene rings is 1. The molecule has 2 N–H and O–H groups in total. The van der Waals surface area contributed by atoms with Gasteiger partial charge in [0.25, 0.3) is 0 Å². The monoisotopic (exact) mass is 314 g/mol. The largest absolute Gasteiger partial charge is 0.464 e. The van der Waals surface area contributed by atoms with Gasteiger partial charge in [-0.1, -0.05) is 0 Å². The Balaban J connectivity index is 2.24. The molecule has 0 aliphatic rings. The van der Waals surface area contributed by atoms with Gasteiger partial charge in [-0.2, -0.15) is 0 Å². The molecule has 0 saturated heterocycles. The summed E-state index contributed by atoms with van der Waals surface area (Å²) >= 11 is 0. The zero-order chi connectivity index (χ0) is 16.7. The fourth-order valence-corrected chi connectivity index (χ4v) is 3.01. The van der Waals surface area contributed by atoms with E-state index in [2.05, 4.69) is 9.97 Å². The van der Waals surface area contributed by atoms with E-state index in [1.54, 1.807) is 13.0 Å². The van der Waals surface area contributed by atoms with Crippen molar-refractivity contribution >= 4 is 33.7 Å². The summed E-state index contributed by atoms with van der Waals surface area (Å²) in [6, 6.07) is 3.66. The molecule has 0 radical (unpaired) electrons. The Bertz CT molecular complexity index is 933. The summed E-state index contributed by atoms with van der Waals surface area (Å²) in [5.74, 6) is -0.771. The number of nitrogens with one attached hydrogen (secondary N) is 2. The topological polar surface area (TPSA) is 84.2 Å². The number of hydrogen-bond acceptors (Lipinski definition) is 4. The summed E-state index contributed by atoms with van der Waals surface area (Å²) in [6.45, 7) is 5.95. The number of rotatable bonds is 3. The van der Waals surface area contributed by atoms with E-state index in [-0.39, 0.29) is 5.97 Å². The molecule has 3 aromatic rings. The second kappa shape index (κ2) is 5.46. The highest BCUT2D eigenvalue weighted by Gasteiger charge is 2.20. The van der Waals surface area contributed by atoms with Gasteiger partial charge in [0.05, 0.1) is 13.7 Å². The van der Waals surface area contributed by atoms with E-state index in [4.69, 9.17) is 9.47 Å². The summed E-state index contributed by atoms with van der Waals surface area (Å²) in [4.78, 5) is 29.9. The van der Waals surface area contributed by atoms with Crippen LogP contribution in [0.4, 0.5) is 0 Å². The molecule has 0 amide bonds. The second-order valence-corrected chi connectivity index (χ2v) is 5.41. The fourth-order valence-electron chi connectivity index (χ4n) is 3.01. The molecule has 2 heterocycles. The Labute approximate surface area is 132 Å². The molecule has 0 aliphatic carbocycles. The van der Waals surface area contributed by atoms with Gasteiger partial charge in [0.1, 0.15) is 11.4 Å². The lowest BCUT2D eigenvalue weighted by molar-refractivity contribution is 0.0518. The van der Waals surface area contributed by atoms with Crippen LogP contribution in [0.3, 0.4) is 0 Å². The summed E-state index contributed by atoms with van der Waals surface area (Å²) in [7, 11) is 1.35. The summed E-state index contributed by atoms with van der Waals surface area (Å²) < 4.78 is 9.83. The van der Waals surface area contributed by atoms with E-state index in [1.807, 2.05) is 19.9 Å². The number of fused-ring (bicyclic) bond motifs is 2. The SMILES string of the molecule is CCOC(=O)c1[nH]c2cc3cc(C(=O)OC)[nH]c3c(C)c2c1C. The molecule has 23 heavy (non-hydrogen) atoms. The van der Waals surface area contributed by atoms with Gasteiger partial charge in [-0.15, -0.1) is 0 Å². The molecular formula is C17H18N2O4. The van der Waals surface area contributed by atoms with Gasteiger partial charge in [0.15, 0.2) is 0 Å². The third-order valence-electron chi connectivity index (χ3n) is 4.06. The number of carbonyl (C=O) groups excluding carboxylic acids is 2. The first-order chi connectivity index (χ1) is 11.0. The highest BCUT2D eigenvalue weighted by molar-refractivity contribution is 6.07. The third-order valence-corrected chi connectivity index (χ3v) is 4.06. The normalized spacial score (nSPS) is 11.1. The Hall–Kier alpha value is -2.76. The molecule has 0 bridgehead atoms. The zero-order valence-corrected chi connectivity index (χ0v) is 13.5. The number of hydrogen-bond donors (Lipinski definition) is 2. The van der Waals surface area contributed by atoms with Gasteiger partial charge in [-0.3, -0.25) is 0 Å². The number of aromatic amines is 2. The minimum Gasteiger partial charge on any atom is -0.464 e. The highest BCUT2D eigenvalue weighted by Crippen LogP contribution is 2.32. The van der Waals surface area contributed by atoms with Gasteiger partial charge in [-0.25, -0.2) is 9.59 Å². The lowest BCUT2D eigenvalue weighted by Gasteiger charge is -2.02. The predicted octanol–water partition coefficient (Wildman–Crippen LogP) is 3.23. The Kier molecular flexibility index (Phi) is 3.60. The van der Waals surface area contributed by atoms with Gasteiger partial charge in [-0.05, 0) is 44.0 Å². The van der Waals surface area contributed by atoms with Crippen molar-refractivity contribution in [3.05, 3.63) is 34.6 Å². The average Bonchev–Trinajstić information content (AvgIpc) is 3.09. The van der Waals surface area contributed by atoms with Crippen molar-refractivity contribution < 1.29 is 19.1 Å². The maximum atomic E-state index is 12.0. The molecule has 0 spiro atoms. The van der Waals surface area contributed by atoms with Crippen LogP contribution in [0.1, 0.15) is 39.0 Å². The molecule has 0 atom stereocenters. The number of ether oxygens (including phenoxy) is 2. The molecule has 0 fully saturated rings. The number of aromatic nitrogens is 2. The Morgan fingerprint density at radius 2 is 1.83 bits per heavy atom. The third kappa shape index (κ3) is 2.27. The molecule has 6 nitrogen and oxygen atoms in total. The lowest BCUT2D eigenvalue weighted by atomic mass is 10.0.